The Hall–Kier alpha value is -0.340. The van der Waals surface area contributed by atoms with Gasteiger partial charge in [-0.15, -0.1) is 0 Å². The van der Waals surface area contributed by atoms with Gasteiger partial charge < -0.3 is 5.32 Å². The van der Waals surface area contributed by atoms with Crippen molar-refractivity contribution in [1.82, 2.24) is 10.0 Å². The van der Waals surface area contributed by atoms with Crippen molar-refractivity contribution in [1.29, 1.82) is 0 Å². The Morgan fingerprint density at radius 3 is 2.39 bits per heavy atom. The van der Waals surface area contributed by atoms with Gasteiger partial charge >= 0.3 is 6.18 Å². The maximum atomic E-state index is 12.7. The van der Waals surface area contributed by atoms with E-state index in [4.69, 9.17) is 0 Å². The molecule has 0 aliphatic heterocycles. The van der Waals surface area contributed by atoms with Crippen LogP contribution in [0.2, 0.25) is 0 Å². The first-order chi connectivity index (χ1) is 8.26. The Balaban J connectivity index is 2.48. The summed E-state index contributed by atoms with van der Waals surface area (Å²) < 4.78 is 62.7. The maximum Gasteiger partial charge on any atom is 0.393 e. The fourth-order valence-electron chi connectivity index (χ4n) is 2.25. The fraction of sp³-hybridized carbons (Fsp3) is 1.00. The summed E-state index contributed by atoms with van der Waals surface area (Å²) in [6.45, 7) is 0.0421. The molecule has 1 aliphatic rings. The molecule has 4 nitrogen and oxygen atoms in total. The number of rotatable bonds is 5. The van der Waals surface area contributed by atoms with Crippen LogP contribution in [0, 0.1) is 5.92 Å². The summed E-state index contributed by atoms with van der Waals surface area (Å²) in [4.78, 5) is 0. The van der Waals surface area contributed by atoms with E-state index in [0.29, 0.717) is 12.8 Å². The maximum absolute atomic E-state index is 12.7. The van der Waals surface area contributed by atoms with E-state index in [0.717, 1.165) is 6.42 Å². The van der Waals surface area contributed by atoms with Crippen molar-refractivity contribution in [2.45, 2.75) is 37.9 Å². The van der Waals surface area contributed by atoms with Gasteiger partial charge in [0.15, 0.2) is 0 Å². The molecule has 0 spiro atoms. The predicted molar refractivity (Wildman–Crippen MR) is 62.7 cm³/mol. The Kier molecular flexibility index (Phi) is 5.42. The lowest BCUT2D eigenvalue weighted by Crippen LogP contribution is -2.47. The van der Waals surface area contributed by atoms with E-state index in [-0.39, 0.29) is 18.7 Å². The van der Waals surface area contributed by atoms with Gasteiger partial charge in [-0.1, -0.05) is 12.8 Å². The quantitative estimate of drug-likeness (QED) is 0.800. The van der Waals surface area contributed by atoms with E-state index in [9.17, 15) is 21.6 Å². The van der Waals surface area contributed by atoms with Crippen LogP contribution >= 0.6 is 0 Å². The minimum Gasteiger partial charge on any atom is -0.312 e. The van der Waals surface area contributed by atoms with E-state index < -0.39 is 28.2 Å². The summed E-state index contributed by atoms with van der Waals surface area (Å²) in [7, 11) is -2.08. The van der Waals surface area contributed by atoms with Crippen molar-refractivity contribution in [2.75, 3.05) is 19.3 Å². The Morgan fingerprint density at radius 2 is 1.83 bits per heavy atom. The van der Waals surface area contributed by atoms with E-state index in [1.807, 2.05) is 0 Å². The molecule has 1 rings (SSSR count). The average molecular weight is 288 g/mol. The van der Waals surface area contributed by atoms with Crippen molar-refractivity contribution in [3.8, 4) is 0 Å². The molecular formula is C10H19F3N2O2S. The van der Waals surface area contributed by atoms with E-state index in [2.05, 4.69) is 10.0 Å². The van der Waals surface area contributed by atoms with Crippen LogP contribution in [-0.2, 0) is 10.0 Å². The van der Waals surface area contributed by atoms with E-state index in [1.54, 1.807) is 0 Å². The van der Waals surface area contributed by atoms with Gasteiger partial charge in [-0.2, -0.15) is 13.2 Å². The minimum atomic E-state index is -4.21. The third-order valence-electron chi connectivity index (χ3n) is 3.27. The molecule has 1 aliphatic carbocycles. The molecule has 8 heteroatoms. The van der Waals surface area contributed by atoms with Crippen LogP contribution in [0.4, 0.5) is 13.2 Å². The summed E-state index contributed by atoms with van der Waals surface area (Å²) in [5.41, 5.74) is 0. The first kappa shape index (κ1) is 15.7. The Morgan fingerprint density at radius 1 is 1.22 bits per heavy atom. The third kappa shape index (κ3) is 4.74. The van der Waals surface area contributed by atoms with Crippen LogP contribution in [-0.4, -0.2) is 40.0 Å². The number of sulfonamides is 1. The standard InChI is InChI=1S/C10H19F3N2O2S/c1-14-18(16,17)7-6-15-9-5-3-2-4-8(9)10(11,12)13/h8-9,14-15H,2-7H2,1H3. The van der Waals surface area contributed by atoms with Crippen LogP contribution in [0.25, 0.3) is 0 Å². The highest BCUT2D eigenvalue weighted by Gasteiger charge is 2.45. The topological polar surface area (TPSA) is 58.2 Å². The van der Waals surface area contributed by atoms with Crippen molar-refractivity contribution in [3.05, 3.63) is 0 Å². The van der Waals surface area contributed by atoms with E-state index >= 15 is 0 Å². The monoisotopic (exact) mass is 288 g/mol. The minimum absolute atomic E-state index is 0.0421. The average Bonchev–Trinajstić information content (AvgIpc) is 2.28. The Bertz CT molecular complexity index is 357. The summed E-state index contributed by atoms with van der Waals surface area (Å²) in [5.74, 6) is -1.56. The van der Waals surface area contributed by atoms with Crippen LogP contribution < -0.4 is 10.0 Å². The molecule has 108 valence electrons. The van der Waals surface area contributed by atoms with Gasteiger partial charge in [0.1, 0.15) is 0 Å². The first-order valence-corrected chi connectivity index (χ1v) is 7.63. The zero-order chi connectivity index (χ0) is 13.8. The molecule has 18 heavy (non-hydrogen) atoms. The summed E-state index contributed by atoms with van der Waals surface area (Å²) in [6.07, 6.45) is -2.30. The highest BCUT2D eigenvalue weighted by Crippen LogP contribution is 2.37. The first-order valence-electron chi connectivity index (χ1n) is 5.97. The van der Waals surface area contributed by atoms with E-state index in [1.165, 1.54) is 7.05 Å². The molecule has 0 bridgehead atoms. The molecule has 2 unspecified atom stereocenters. The second-order valence-electron chi connectivity index (χ2n) is 4.52. The highest BCUT2D eigenvalue weighted by molar-refractivity contribution is 7.89. The normalized spacial score (nSPS) is 26.2. The number of nitrogens with one attached hydrogen (secondary N) is 2. The van der Waals surface area contributed by atoms with Gasteiger partial charge in [0.05, 0.1) is 11.7 Å². The summed E-state index contributed by atoms with van der Waals surface area (Å²) in [5, 5.41) is 2.73. The lowest BCUT2D eigenvalue weighted by atomic mass is 9.84. The lowest BCUT2D eigenvalue weighted by molar-refractivity contribution is -0.188. The summed E-state index contributed by atoms with van der Waals surface area (Å²) in [6, 6.07) is -0.661. The smallest absolute Gasteiger partial charge is 0.312 e. The molecule has 0 saturated heterocycles. The number of alkyl halides is 3. The zero-order valence-electron chi connectivity index (χ0n) is 10.3. The molecule has 0 aromatic rings. The Labute approximate surface area is 105 Å². The zero-order valence-corrected chi connectivity index (χ0v) is 11.1. The molecular weight excluding hydrogens is 269 g/mol. The molecule has 1 fully saturated rings. The molecule has 0 aromatic heterocycles. The van der Waals surface area contributed by atoms with Crippen molar-refractivity contribution in [3.63, 3.8) is 0 Å². The van der Waals surface area contributed by atoms with Crippen LogP contribution in [0.15, 0.2) is 0 Å². The van der Waals surface area contributed by atoms with Gasteiger partial charge in [-0.3, -0.25) is 0 Å². The molecule has 0 heterocycles. The second kappa shape index (κ2) is 6.21. The van der Waals surface area contributed by atoms with Gasteiger partial charge in [0.25, 0.3) is 0 Å². The van der Waals surface area contributed by atoms with Gasteiger partial charge in [0, 0.05) is 12.6 Å². The summed E-state index contributed by atoms with van der Waals surface area (Å²) >= 11 is 0. The number of hydrogen-bond donors (Lipinski definition) is 2. The highest BCUT2D eigenvalue weighted by atomic mass is 32.2. The number of halogens is 3. The van der Waals surface area contributed by atoms with Gasteiger partial charge in [-0.05, 0) is 19.9 Å². The molecule has 1 saturated carbocycles. The molecule has 2 N–H and O–H groups in total. The van der Waals surface area contributed by atoms with Gasteiger partial charge in [-0.25, -0.2) is 13.1 Å². The van der Waals surface area contributed by atoms with Crippen molar-refractivity contribution < 1.29 is 21.6 Å². The largest absolute Gasteiger partial charge is 0.393 e. The SMILES string of the molecule is CNS(=O)(=O)CCNC1CCCCC1C(F)(F)F. The van der Waals surface area contributed by atoms with Crippen LogP contribution in [0.5, 0.6) is 0 Å². The fourth-order valence-corrected chi connectivity index (χ4v) is 2.84. The molecule has 0 amide bonds. The van der Waals surface area contributed by atoms with Crippen LogP contribution in [0.1, 0.15) is 25.7 Å². The predicted octanol–water partition coefficient (Wildman–Crippen LogP) is 1.25. The lowest BCUT2D eigenvalue weighted by Gasteiger charge is -2.33. The molecule has 0 aromatic carbocycles. The van der Waals surface area contributed by atoms with Gasteiger partial charge in [0.2, 0.25) is 10.0 Å². The van der Waals surface area contributed by atoms with Crippen LogP contribution in [0.3, 0.4) is 0 Å². The number of hydrogen-bond acceptors (Lipinski definition) is 3. The third-order valence-corrected chi connectivity index (χ3v) is 4.64. The molecule has 0 radical (unpaired) electrons. The second-order valence-corrected chi connectivity index (χ2v) is 6.56. The van der Waals surface area contributed by atoms with Crippen molar-refractivity contribution >= 4 is 10.0 Å². The molecule has 2 atom stereocenters. The van der Waals surface area contributed by atoms with Crippen molar-refractivity contribution in [2.24, 2.45) is 5.92 Å².